The molecule has 0 amide bonds. The van der Waals surface area contributed by atoms with Crippen LogP contribution >= 0.6 is 0 Å². The summed E-state index contributed by atoms with van der Waals surface area (Å²) in [4.78, 5) is 25.0. The summed E-state index contributed by atoms with van der Waals surface area (Å²) in [5, 5.41) is 0. The maximum Gasteiger partial charge on any atom is 0.309 e. The SMILES string of the molecule is C.CC1CC2OC2CC1C(=O)OC(C)(C)C1CCC2OC2C1.CC1CC2OC2CC1C(=O)OC(C)C1CCC2OC2C1. The molecule has 8 fully saturated rings. The van der Waals surface area contributed by atoms with E-state index in [0.29, 0.717) is 72.5 Å². The van der Waals surface area contributed by atoms with Crippen LogP contribution in [0.3, 0.4) is 0 Å². The van der Waals surface area contributed by atoms with Gasteiger partial charge in [-0.1, -0.05) is 21.3 Å². The van der Waals surface area contributed by atoms with Gasteiger partial charge in [-0.15, -0.1) is 0 Å². The number of esters is 2. The van der Waals surface area contributed by atoms with Crippen molar-refractivity contribution in [3.05, 3.63) is 0 Å². The summed E-state index contributed by atoms with van der Waals surface area (Å²) in [6.45, 7) is 10.5. The molecule has 4 aliphatic heterocycles. The molecule has 15 unspecified atom stereocenters. The smallest absolute Gasteiger partial charge is 0.309 e. The predicted octanol–water partition coefficient (Wildman–Crippen LogP) is 5.62. The Kier molecular flexibility index (Phi) is 8.51. The van der Waals surface area contributed by atoms with Crippen molar-refractivity contribution >= 4 is 11.9 Å². The van der Waals surface area contributed by atoms with Crippen LogP contribution in [0.15, 0.2) is 0 Å². The van der Waals surface area contributed by atoms with Crippen LogP contribution in [0.4, 0.5) is 0 Å². The van der Waals surface area contributed by atoms with Gasteiger partial charge in [0, 0.05) is 5.92 Å². The van der Waals surface area contributed by atoms with E-state index in [0.717, 1.165) is 64.2 Å². The van der Waals surface area contributed by atoms with Gasteiger partial charge in [0.2, 0.25) is 0 Å². The molecule has 0 aromatic heterocycles. The Bertz CT molecular complexity index is 1010. The van der Waals surface area contributed by atoms with Gasteiger partial charge in [-0.2, -0.15) is 0 Å². The van der Waals surface area contributed by atoms with E-state index in [9.17, 15) is 9.59 Å². The average Bonchev–Trinajstić information content (AvgIpc) is 3.74. The summed E-state index contributed by atoms with van der Waals surface area (Å²) in [6.07, 6.45) is 13.7. The van der Waals surface area contributed by atoms with Crippen LogP contribution in [-0.4, -0.2) is 72.5 Å². The summed E-state index contributed by atoms with van der Waals surface area (Å²) in [7, 11) is 0. The molecule has 8 aliphatic rings. The minimum Gasteiger partial charge on any atom is -0.462 e. The van der Waals surface area contributed by atoms with E-state index in [2.05, 4.69) is 34.6 Å². The molecule has 42 heavy (non-hydrogen) atoms. The fourth-order valence-corrected chi connectivity index (χ4v) is 8.55. The van der Waals surface area contributed by atoms with Crippen LogP contribution < -0.4 is 0 Å². The zero-order valence-electron chi connectivity index (χ0n) is 25.5. The molecule has 0 bridgehead atoms. The summed E-state index contributed by atoms with van der Waals surface area (Å²) in [6, 6.07) is 0. The van der Waals surface area contributed by atoms with Crippen molar-refractivity contribution in [1.82, 2.24) is 0 Å². The lowest BCUT2D eigenvalue weighted by molar-refractivity contribution is -0.170. The molecule has 4 aliphatic carbocycles. The highest BCUT2D eigenvalue weighted by atomic mass is 16.6. The molecule has 0 aromatic rings. The number of rotatable bonds is 6. The number of carbonyl (C=O) groups is 2. The molecular weight excluding hydrogens is 536 g/mol. The zero-order valence-corrected chi connectivity index (χ0v) is 25.5. The molecule has 8 nitrogen and oxygen atoms in total. The molecule has 15 atom stereocenters. The molecule has 238 valence electrons. The first-order valence-corrected chi connectivity index (χ1v) is 16.6. The Labute approximate surface area is 252 Å². The molecule has 4 saturated carbocycles. The zero-order chi connectivity index (χ0) is 28.6. The van der Waals surface area contributed by atoms with Gasteiger partial charge in [-0.05, 0) is 103 Å². The number of fused-ring (bicyclic) bond motifs is 4. The van der Waals surface area contributed by atoms with Crippen LogP contribution in [-0.2, 0) is 38.0 Å². The van der Waals surface area contributed by atoms with Crippen molar-refractivity contribution in [2.24, 2.45) is 35.5 Å². The lowest BCUT2D eigenvalue weighted by Crippen LogP contribution is -2.42. The lowest BCUT2D eigenvalue weighted by atomic mass is 9.78. The van der Waals surface area contributed by atoms with E-state index in [1.165, 1.54) is 0 Å². The van der Waals surface area contributed by atoms with E-state index < -0.39 is 0 Å². The second-order valence-electron chi connectivity index (χ2n) is 15.2. The monoisotopic (exact) mass is 590 g/mol. The highest BCUT2D eigenvalue weighted by molar-refractivity contribution is 5.74. The standard InChI is InChI=1S/C17H26O4.C16H24O4.CH4/c1-9-6-13-15(20-13)8-11(9)16(18)21-17(2,3)10-4-5-12-14(7-10)19-12;1-8-5-13-15(20-13)7-11(8)16(17)18-9(2)10-3-4-12-14(6-10)19-12;/h9-15H,4-8H2,1-3H3;8-15H,3-7H2,1-2H3;1H4. The Balaban J connectivity index is 0.000000147. The largest absolute Gasteiger partial charge is 0.462 e. The third-order valence-corrected chi connectivity index (χ3v) is 11.9. The number of epoxide rings is 4. The highest BCUT2D eigenvalue weighted by Gasteiger charge is 2.53. The van der Waals surface area contributed by atoms with Crippen molar-refractivity contribution in [3.8, 4) is 0 Å². The maximum atomic E-state index is 12.6. The van der Waals surface area contributed by atoms with Crippen molar-refractivity contribution in [3.63, 3.8) is 0 Å². The average molecular weight is 591 g/mol. The van der Waals surface area contributed by atoms with E-state index in [4.69, 9.17) is 28.4 Å². The Hall–Kier alpha value is -1.22. The minimum absolute atomic E-state index is 0. The van der Waals surface area contributed by atoms with Crippen LogP contribution in [0.1, 0.15) is 106 Å². The van der Waals surface area contributed by atoms with Gasteiger partial charge >= 0.3 is 11.9 Å². The molecule has 8 heteroatoms. The number of hydrogen-bond acceptors (Lipinski definition) is 8. The van der Waals surface area contributed by atoms with E-state index in [1.807, 2.05) is 0 Å². The van der Waals surface area contributed by atoms with Gasteiger partial charge in [0.1, 0.15) is 11.7 Å². The van der Waals surface area contributed by atoms with Crippen molar-refractivity contribution in [2.45, 2.75) is 167 Å². The maximum absolute atomic E-state index is 12.6. The van der Waals surface area contributed by atoms with Crippen molar-refractivity contribution < 1.29 is 38.0 Å². The van der Waals surface area contributed by atoms with E-state index >= 15 is 0 Å². The molecule has 0 aromatic carbocycles. The highest BCUT2D eigenvalue weighted by Crippen LogP contribution is 2.47. The number of hydrogen-bond donors (Lipinski definition) is 0. The normalized spacial score (nSPS) is 48.1. The molecular formula is C34H54O8. The molecule has 0 spiro atoms. The Morgan fingerprint density at radius 2 is 1.12 bits per heavy atom. The number of ether oxygens (including phenoxy) is 6. The topological polar surface area (TPSA) is 103 Å². The molecule has 4 heterocycles. The quantitative estimate of drug-likeness (QED) is 0.290. The Morgan fingerprint density at radius 1 is 0.643 bits per heavy atom. The Morgan fingerprint density at radius 3 is 1.69 bits per heavy atom. The summed E-state index contributed by atoms with van der Waals surface area (Å²) in [5.74, 6) is 1.70. The van der Waals surface area contributed by atoms with Gasteiger partial charge < -0.3 is 28.4 Å². The second-order valence-corrected chi connectivity index (χ2v) is 15.2. The number of carbonyl (C=O) groups excluding carboxylic acids is 2. The van der Waals surface area contributed by atoms with Gasteiger partial charge in [-0.25, -0.2) is 0 Å². The van der Waals surface area contributed by atoms with Gasteiger partial charge in [0.05, 0.1) is 60.7 Å². The molecule has 8 rings (SSSR count). The van der Waals surface area contributed by atoms with Crippen LogP contribution in [0.25, 0.3) is 0 Å². The summed E-state index contributed by atoms with van der Waals surface area (Å²) < 4.78 is 34.0. The summed E-state index contributed by atoms with van der Waals surface area (Å²) >= 11 is 0. The minimum atomic E-state index is -0.380. The van der Waals surface area contributed by atoms with E-state index in [1.54, 1.807) is 0 Å². The lowest BCUT2D eigenvalue weighted by Gasteiger charge is -2.37. The van der Waals surface area contributed by atoms with Crippen LogP contribution in [0.5, 0.6) is 0 Å². The summed E-state index contributed by atoms with van der Waals surface area (Å²) in [5.41, 5.74) is -0.380. The van der Waals surface area contributed by atoms with Gasteiger partial charge in [0.25, 0.3) is 0 Å². The third-order valence-electron chi connectivity index (χ3n) is 11.9. The van der Waals surface area contributed by atoms with Crippen LogP contribution in [0.2, 0.25) is 0 Å². The van der Waals surface area contributed by atoms with Gasteiger partial charge in [0.15, 0.2) is 0 Å². The molecule has 0 N–H and O–H groups in total. The van der Waals surface area contributed by atoms with Crippen molar-refractivity contribution in [2.75, 3.05) is 0 Å². The van der Waals surface area contributed by atoms with Crippen molar-refractivity contribution in [1.29, 1.82) is 0 Å². The predicted molar refractivity (Wildman–Crippen MR) is 156 cm³/mol. The first kappa shape index (κ1) is 30.8. The fourth-order valence-electron chi connectivity index (χ4n) is 8.55. The van der Waals surface area contributed by atoms with E-state index in [-0.39, 0.29) is 42.9 Å². The second kappa shape index (κ2) is 11.6. The molecule has 0 radical (unpaired) electrons. The third kappa shape index (κ3) is 6.57. The van der Waals surface area contributed by atoms with Gasteiger partial charge in [-0.3, -0.25) is 9.59 Å². The molecule has 4 saturated heterocycles. The first-order chi connectivity index (χ1) is 19.6. The van der Waals surface area contributed by atoms with Crippen LogP contribution in [0, 0.1) is 35.5 Å². The fraction of sp³-hybridized carbons (Fsp3) is 0.941. The first-order valence-electron chi connectivity index (χ1n) is 16.6.